The van der Waals surface area contributed by atoms with E-state index < -0.39 is 0 Å². The van der Waals surface area contributed by atoms with E-state index in [1.807, 2.05) is 5.37 Å². The van der Waals surface area contributed by atoms with Crippen molar-refractivity contribution < 1.29 is 0 Å². The summed E-state index contributed by atoms with van der Waals surface area (Å²) in [6.45, 7) is 11.0. The van der Waals surface area contributed by atoms with Gasteiger partial charge in [-0.2, -0.15) is 0 Å². The van der Waals surface area contributed by atoms with Crippen molar-refractivity contribution in [2.24, 2.45) is 0 Å². The molecule has 0 radical (unpaired) electrons. The Balaban J connectivity index is 2.62. The topological polar surface area (TPSA) is 0 Å². The highest BCUT2D eigenvalue weighted by atomic mass is 32.1. The molecular weight excluding hydrogens is 356 g/mol. The summed E-state index contributed by atoms with van der Waals surface area (Å²) in [7, 11) is 0. The summed E-state index contributed by atoms with van der Waals surface area (Å²) >= 11 is 5.39. The van der Waals surface area contributed by atoms with Crippen LogP contribution in [0.4, 0.5) is 0 Å². The number of allylic oxidation sites excluding steroid dienone is 2. The molecule has 0 atom stereocenters. The molecule has 0 spiro atoms. The van der Waals surface area contributed by atoms with Gasteiger partial charge in [-0.15, -0.1) is 0 Å². The zero-order chi connectivity index (χ0) is 20.3. The first kappa shape index (κ1) is 20.2. The molecule has 0 unspecified atom stereocenters. The molecular formula is C27H28S. The molecule has 0 aliphatic heterocycles. The zero-order valence-corrected chi connectivity index (χ0v) is 18.2. The zero-order valence-electron chi connectivity index (χ0n) is 17.4. The molecule has 0 aliphatic rings. The summed E-state index contributed by atoms with van der Waals surface area (Å²) in [6, 6.07) is 26.2. The van der Waals surface area contributed by atoms with Crippen molar-refractivity contribution in [2.75, 3.05) is 0 Å². The lowest BCUT2D eigenvalue weighted by Gasteiger charge is -2.41. The van der Waals surface area contributed by atoms with Crippen LogP contribution in [0.15, 0.2) is 83.9 Å². The fraction of sp³-hybridized carbons (Fsp3) is 0.222. The second-order valence-corrected chi connectivity index (χ2v) is 7.86. The van der Waals surface area contributed by atoms with Crippen LogP contribution in [-0.2, 0) is 5.41 Å². The van der Waals surface area contributed by atoms with Crippen LogP contribution in [-0.4, -0.2) is 5.37 Å². The third-order valence-corrected chi connectivity index (χ3v) is 6.33. The Morgan fingerprint density at radius 1 is 0.643 bits per heavy atom. The number of benzene rings is 3. The Kier molecular flexibility index (Phi) is 5.96. The molecule has 0 saturated carbocycles. The van der Waals surface area contributed by atoms with Crippen molar-refractivity contribution in [2.45, 2.75) is 40.0 Å². The maximum atomic E-state index is 5.39. The van der Waals surface area contributed by atoms with Crippen molar-refractivity contribution in [3.8, 4) is 0 Å². The Bertz CT molecular complexity index is 928. The Morgan fingerprint density at radius 3 is 1.25 bits per heavy atom. The highest BCUT2D eigenvalue weighted by Crippen LogP contribution is 2.49. The standard InChI is InChI=1S/C27H28S/c1-19-12-6-9-15-24(19)27(23(5)22(4)18-28,25-16-10-7-13-20(25)2)26-17-11-8-14-21(26)3/h6-18H,1-5H3/b23-22+. The summed E-state index contributed by atoms with van der Waals surface area (Å²) in [4.78, 5) is 0. The minimum atomic E-state index is -0.387. The molecule has 28 heavy (non-hydrogen) atoms. The molecule has 0 aromatic heterocycles. The fourth-order valence-electron chi connectivity index (χ4n) is 4.41. The first-order chi connectivity index (χ1) is 13.4. The fourth-order valence-corrected chi connectivity index (χ4v) is 4.58. The lowest BCUT2D eigenvalue weighted by atomic mass is 9.61. The van der Waals surface area contributed by atoms with E-state index in [4.69, 9.17) is 12.2 Å². The van der Waals surface area contributed by atoms with Gasteiger partial charge in [0.05, 0.1) is 5.41 Å². The molecule has 3 aromatic carbocycles. The van der Waals surface area contributed by atoms with E-state index >= 15 is 0 Å². The predicted octanol–water partition coefficient (Wildman–Crippen LogP) is 7.28. The van der Waals surface area contributed by atoms with Crippen LogP contribution in [0.5, 0.6) is 0 Å². The molecule has 1 heteroatoms. The van der Waals surface area contributed by atoms with Gasteiger partial charge in [0.1, 0.15) is 0 Å². The largest absolute Gasteiger partial charge is 0.0884 e. The van der Waals surface area contributed by atoms with Gasteiger partial charge in [0.2, 0.25) is 0 Å². The number of rotatable bonds is 5. The Morgan fingerprint density at radius 2 is 0.964 bits per heavy atom. The predicted molar refractivity (Wildman–Crippen MR) is 125 cm³/mol. The highest BCUT2D eigenvalue weighted by molar-refractivity contribution is 7.79. The van der Waals surface area contributed by atoms with E-state index in [9.17, 15) is 0 Å². The molecule has 3 rings (SSSR count). The summed E-state index contributed by atoms with van der Waals surface area (Å²) in [5.41, 5.74) is 9.82. The quantitative estimate of drug-likeness (QED) is 0.253. The molecule has 0 heterocycles. The van der Waals surface area contributed by atoms with Crippen molar-refractivity contribution in [3.05, 3.63) is 117 Å². The van der Waals surface area contributed by atoms with E-state index in [1.165, 1.54) is 39.0 Å². The Labute approximate surface area is 174 Å². The lowest BCUT2D eigenvalue weighted by molar-refractivity contribution is 0.702. The molecule has 0 N–H and O–H groups in total. The third-order valence-electron chi connectivity index (χ3n) is 5.98. The third kappa shape index (κ3) is 3.25. The molecule has 0 aliphatic carbocycles. The number of hydrogen-bond donors (Lipinski definition) is 0. The van der Waals surface area contributed by atoms with E-state index in [0.29, 0.717) is 0 Å². The minimum Gasteiger partial charge on any atom is -0.0884 e. The summed E-state index contributed by atoms with van der Waals surface area (Å²) in [6.07, 6.45) is 0. The molecule has 0 saturated heterocycles. The van der Waals surface area contributed by atoms with Crippen LogP contribution in [0.3, 0.4) is 0 Å². The molecule has 0 amide bonds. The lowest BCUT2D eigenvalue weighted by Crippen LogP contribution is -2.34. The van der Waals surface area contributed by atoms with Gasteiger partial charge in [0.25, 0.3) is 0 Å². The maximum absolute atomic E-state index is 5.39. The smallest absolute Gasteiger partial charge is 0.0672 e. The second-order valence-electron chi connectivity index (χ2n) is 7.62. The molecule has 3 aromatic rings. The van der Waals surface area contributed by atoms with Crippen LogP contribution in [0.2, 0.25) is 0 Å². The van der Waals surface area contributed by atoms with Crippen LogP contribution in [0.25, 0.3) is 0 Å². The minimum absolute atomic E-state index is 0.387. The van der Waals surface area contributed by atoms with E-state index in [-0.39, 0.29) is 5.41 Å². The van der Waals surface area contributed by atoms with Crippen molar-refractivity contribution in [3.63, 3.8) is 0 Å². The number of aryl methyl sites for hydroxylation is 3. The van der Waals surface area contributed by atoms with E-state index in [1.54, 1.807) is 0 Å². The van der Waals surface area contributed by atoms with Gasteiger partial charge in [-0.3, -0.25) is 0 Å². The van der Waals surface area contributed by atoms with Gasteiger partial charge in [-0.05, 0) is 73.6 Å². The highest BCUT2D eigenvalue weighted by Gasteiger charge is 2.41. The first-order valence-electron chi connectivity index (χ1n) is 9.76. The van der Waals surface area contributed by atoms with Gasteiger partial charge in [-0.1, -0.05) is 90.6 Å². The molecule has 0 nitrogen and oxygen atoms in total. The van der Waals surface area contributed by atoms with E-state index in [0.717, 1.165) is 5.57 Å². The molecule has 142 valence electrons. The van der Waals surface area contributed by atoms with Crippen LogP contribution in [0.1, 0.15) is 47.2 Å². The Hall–Kier alpha value is -2.51. The molecule has 0 fully saturated rings. The van der Waals surface area contributed by atoms with Gasteiger partial charge in [0.15, 0.2) is 0 Å². The van der Waals surface area contributed by atoms with Crippen molar-refractivity contribution in [1.82, 2.24) is 0 Å². The summed E-state index contributed by atoms with van der Waals surface area (Å²) in [5, 5.41) is 1.82. The summed E-state index contributed by atoms with van der Waals surface area (Å²) in [5.74, 6) is 0. The number of thiocarbonyl (C=S) groups is 1. The van der Waals surface area contributed by atoms with Crippen LogP contribution < -0.4 is 0 Å². The van der Waals surface area contributed by atoms with Gasteiger partial charge >= 0.3 is 0 Å². The van der Waals surface area contributed by atoms with Gasteiger partial charge in [-0.25, -0.2) is 0 Å². The molecule has 0 bridgehead atoms. The van der Waals surface area contributed by atoms with Crippen molar-refractivity contribution in [1.29, 1.82) is 0 Å². The normalized spacial score (nSPS) is 12.5. The van der Waals surface area contributed by atoms with E-state index in [2.05, 4.69) is 107 Å². The maximum Gasteiger partial charge on any atom is 0.0672 e. The van der Waals surface area contributed by atoms with Gasteiger partial charge in [0, 0.05) is 5.37 Å². The number of hydrogen-bond acceptors (Lipinski definition) is 1. The van der Waals surface area contributed by atoms with Gasteiger partial charge < -0.3 is 0 Å². The van der Waals surface area contributed by atoms with Crippen LogP contribution in [0, 0.1) is 20.8 Å². The monoisotopic (exact) mass is 384 g/mol. The first-order valence-corrected chi connectivity index (χ1v) is 10.2. The average Bonchev–Trinajstić information content (AvgIpc) is 2.71. The SMILES string of the molecule is C/C(C=S)=C(/C)C(c1ccccc1C)(c1ccccc1C)c1ccccc1C. The van der Waals surface area contributed by atoms with Crippen LogP contribution >= 0.6 is 12.2 Å². The average molecular weight is 385 g/mol. The second kappa shape index (κ2) is 8.24. The van der Waals surface area contributed by atoms with Crippen molar-refractivity contribution >= 4 is 17.6 Å². The summed E-state index contributed by atoms with van der Waals surface area (Å²) < 4.78 is 0.